The van der Waals surface area contributed by atoms with Crippen LogP contribution < -0.4 is 14.8 Å². The molecule has 0 fully saturated rings. The van der Waals surface area contributed by atoms with Gasteiger partial charge in [-0.05, 0) is 38.2 Å². The van der Waals surface area contributed by atoms with Crippen molar-refractivity contribution >= 4 is 11.6 Å². The van der Waals surface area contributed by atoms with Crippen molar-refractivity contribution in [1.29, 1.82) is 0 Å². The molecule has 0 atom stereocenters. The molecule has 2 aromatic rings. The van der Waals surface area contributed by atoms with Gasteiger partial charge in [-0.3, -0.25) is 0 Å². The summed E-state index contributed by atoms with van der Waals surface area (Å²) in [5, 5.41) is 3.81. The molecule has 0 amide bonds. The monoisotopic (exact) mass is 305 g/mol. The SMILES string of the molecule is CNCc1c(Cl)cccc1OCc1cc(C)ccc1OC. The number of hydrogen-bond acceptors (Lipinski definition) is 3. The zero-order valence-electron chi connectivity index (χ0n) is 12.6. The van der Waals surface area contributed by atoms with E-state index in [1.54, 1.807) is 7.11 Å². The van der Waals surface area contributed by atoms with Crippen LogP contribution in [0.3, 0.4) is 0 Å². The molecule has 1 N–H and O–H groups in total. The average Bonchev–Trinajstić information content (AvgIpc) is 2.48. The van der Waals surface area contributed by atoms with Crippen molar-refractivity contribution in [3.8, 4) is 11.5 Å². The second-order valence-electron chi connectivity index (χ2n) is 4.85. The fourth-order valence-corrected chi connectivity index (χ4v) is 2.43. The smallest absolute Gasteiger partial charge is 0.125 e. The predicted octanol–water partition coefficient (Wildman–Crippen LogP) is 3.96. The summed E-state index contributed by atoms with van der Waals surface area (Å²) in [7, 11) is 3.55. The molecule has 0 radical (unpaired) electrons. The molecule has 0 unspecified atom stereocenters. The maximum Gasteiger partial charge on any atom is 0.125 e. The van der Waals surface area contributed by atoms with Crippen LogP contribution in [0.25, 0.3) is 0 Å². The van der Waals surface area contributed by atoms with Gasteiger partial charge in [0.25, 0.3) is 0 Å². The summed E-state index contributed by atoms with van der Waals surface area (Å²) in [6.07, 6.45) is 0. The van der Waals surface area contributed by atoms with E-state index >= 15 is 0 Å². The Labute approximate surface area is 130 Å². The van der Waals surface area contributed by atoms with Gasteiger partial charge in [0.1, 0.15) is 18.1 Å². The highest BCUT2D eigenvalue weighted by Crippen LogP contribution is 2.28. The minimum atomic E-state index is 0.446. The fraction of sp³-hybridized carbons (Fsp3) is 0.294. The number of halogens is 1. The lowest BCUT2D eigenvalue weighted by atomic mass is 10.1. The molecule has 21 heavy (non-hydrogen) atoms. The molecule has 112 valence electrons. The number of benzene rings is 2. The lowest BCUT2D eigenvalue weighted by Gasteiger charge is -2.14. The van der Waals surface area contributed by atoms with Crippen molar-refractivity contribution in [3.05, 3.63) is 58.1 Å². The van der Waals surface area contributed by atoms with Crippen LogP contribution >= 0.6 is 11.6 Å². The van der Waals surface area contributed by atoms with Crippen LogP contribution in [-0.4, -0.2) is 14.2 Å². The van der Waals surface area contributed by atoms with Gasteiger partial charge >= 0.3 is 0 Å². The van der Waals surface area contributed by atoms with E-state index in [4.69, 9.17) is 21.1 Å². The Morgan fingerprint density at radius 3 is 2.67 bits per heavy atom. The number of hydrogen-bond donors (Lipinski definition) is 1. The molecule has 0 bridgehead atoms. The van der Waals surface area contributed by atoms with Gasteiger partial charge in [-0.15, -0.1) is 0 Å². The highest BCUT2D eigenvalue weighted by Gasteiger charge is 2.09. The Hall–Kier alpha value is -1.71. The van der Waals surface area contributed by atoms with E-state index in [1.807, 2.05) is 37.4 Å². The second kappa shape index (κ2) is 7.34. The van der Waals surface area contributed by atoms with Crippen LogP contribution in [0.5, 0.6) is 11.5 Å². The topological polar surface area (TPSA) is 30.5 Å². The quantitative estimate of drug-likeness (QED) is 0.876. The number of ether oxygens (including phenoxy) is 2. The Bertz CT molecular complexity index is 614. The molecule has 0 heterocycles. The summed E-state index contributed by atoms with van der Waals surface area (Å²) in [5.74, 6) is 1.62. The van der Waals surface area contributed by atoms with Crippen molar-refractivity contribution < 1.29 is 9.47 Å². The van der Waals surface area contributed by atoms with Crippen LogP contribution in [0, 0.1) is 6.92 Å². The molecule has 2 rings (SSSR count). The van der Waals surface area contributed by atoms with E-state index < -0.39 is 0 Å². The molecule has 0 spiro atoms. The van der Waals surface area contributed by atoms with Crippen LogP contribution in [0.4, 0.5) is 0 Å². The van der Waals surface area contributed by atoms with Gasteiger partial charge < -0.3 is 14.8 Å². The minimum Gasteiger partial charge on any atom is -0.496 e. The maximum atomic E-state index is 6.23. The maximum absolute atomic E-state index is 6.23. The Balaban J connectivity index is 2.20. The Morgan fingerprint density at radius 1 is 1.14 bits per heavy atom. The molecule has 0 aromatic heterocycles. The van der Waals surface area contributed by atoms with E-state index in [-0.39, 0.29) is 0 Å². The first-order chi connectivity index (χ1) is 10.2. The van der Waals surface area contributed by atoms with Crippen LogP contribution in [0.15, 0.2) is 36.4 Å². The van der Waals surface area contributed by atoms with E-state index in [1.165, 1.54) is 5.56 Å². The molecule has 0 aliphatic carbocycles. The van der Waals surface area contributed by atoms with Crippen molar-refractivity contribution in [2.45, 2.75) is 20.1 Å². The first-order valence-electron chi connectivity index (χ1n) is 6.84. The van der Waals surface area contributed by atoms with Gasteiger partial charge in [0.2, 0.25) is 0 Å². The summed E-state index contributed by atoms with van der Waals surface area (Å²) in [6.45, 7) is 3.16. The zero-order valence-corrected chi connectivity index (χ0v) is 13.3. The van der Waals surface area contributed by atoms with Gasteiger partial charge in [-0.1, -0.05) is 29.3 Å². The normalized spacial score (nSPS) is 10.5. The number of aryl methyl sites for hydroxylation is 1. The fourth-order valence-electron chi connectivity index (χ4n) is 2.20. The second-order valence-corrected chi connectivity index (χ2v) is 5.26. The van der Waals surface area contributed by atoms with Crippen LogP contribution in [0.2, 0.25) is 5.02 Å². The van der Waals surface area contributed by atoms with Gasteiger partial charge in [-0.2, -0.15) is 0 Å². The summed E-state index contributed by atoms with van der Waals surface area (Å²) in [4.78, 5) is 0. The zero-order chi connectivity index (χ0) is 15.2. The lowest BCUT2D eigenvalue weighted by Crippen LogP contribution is -2.08. The van der Waals surface area contributed by atoms with Gasteiger partial charge in [0.05, 0.1) is 7.11 Å². The largest absolute Gasteiger partial charge is 0.496 e. The van der Waals surface area contributed by atoms with Crippen molar-refractivity contribution in [1.82, 2.24) is 5.32 Å². The highest BCUT2D eigenvalue weighted by atomic mass is 35.5. The summed E-state index contributed by atoms with van der Waals surface area (Å²) >= 11 is 6.23. The molecular weight excluding hydrogens is 286 g/mol. The Morgan fingerprint density at radius 2 is 1.95 bits per heavy atom. The van der Waals surface area contributed by atoms with Crippen LogP contribution in [0.1, 0.15) is 16.7 Å². The van der Waals surface area contributed by atoms with Crippen molar-refractivity contribution in [3.63, 3.8) is 0 Å². The molecule has 4 heteroatoms. The Kier molecular flexibility index (Phi) is 5.48. The number of nitrogens with one attached hydrogen (secondary N) is 1. The predicted molar refractivity (Wildman–Crippen MR) is 86.3 cm³/mol. The highest BCUT2D eigenvalue weighted by molar-refractivity contribution is 6.31. The van der Waals surface area contributed by atoms with E-state index in [0.29, 0.717) is 18.2 Å². The molecule has 0 aliphatic heterocycles. The summed E-state index contributed by atoms with van der Waals surface area (Å²) < 4.78 is 11.3. The number of rotatable bonds is 6. The first kappa shape index (κ1) is 15.7. The average molecular weight is 306 g/mol. The van der Waals surface area contributed by atoms with E-state index in [9.17, 15) is 0 Å². The molecule has 3 nitrogen and oxygen atoms in total. The van der Waals surface area contributed by atoms with Gasteiger partial charge in [-0.25, -0.2) is 0 Å². The van der Waals surface area contributed by atoms with Crippen molar-refractivity contribution in [2.24, 2.45) is 0 Å². The lowest BCUT2D eigenvalue weighted by molar-refractivity contribution is 0.293. The van der Waals surface area contributed by atoms with E-state index in [2.05, 4.69) is 18.3 Å². The van der Waals surface area contributed by atoms with Crippen molar-refractivity contribution in [2.75, 3.05) is 14.2 Å². The van der Waals surface area contributed by atoms with E-state index in [0.717, 1.165) is 22.6 Å². The summed E-state index contributed by atoms with van der Waals surface area (Å²) in [6, 6.07) is 11.7. The minimum absolute atomic E-state index is 0.446. The number of methoxy groups -OCH3 is 1. The summed E-state index contributed by atoms with van der Waals surface area (Å²) in [5.41, 5.74) is 3.16. The standard InChI is InChI=1S/C17H20ClNO2/c1-12-7-8-16(20-3)13(9-12)11-21-17-6-4-5-15(18)14(17)10-19-2/h4-9,19H,10-11H2,1-3H3. The first-order valence-corrected chi connectivity index (χ1v) is 7.21. The molecule has 0 aliphatic rings. The third-order valence-corrected chi connectivity index (χ3v) is 3.60. The van der Waals surface area contributed by atoms with Crippen LogP contribution in [-0.2, 0) is 13.2 Å². The third kappa shape index (κ3) is 3.90. The molecule has 2 aromatic carbocycles. The third-order valence-electron chi connectivity index (χ3n) is 3.25. The molecule has 0 saturated carbocycles. The van der Waals surface area contributed by atoms with Gasteiger partial charge in [0, 0.05) is 22.7 Å². The molecule has 0 saturated heterocycles. The molecular formula is C17H20ClNO2. The van der Waals surface area contributed by atoms with Gasteiger partial charge in [0.15, 0.2) is 0 Å².